The number of aromatic nitrogens is 1. The van der Waals surface area contributed by atoms with E-state index in [0.29, 0.717) is 0 Å². The second-order valence-corrected chi connectivity index (χ2v) is 5.75. The van der Waals surface area contributed by atoms with Gasteiger partial charge in [-0.2, -0.15) is 0 Å². The van der Waals surface area contributed by atoms with Crippen LogP contribution >= 0.6 is 11.3 Å². The molecule has 2 aromatic rings. The fourth-order valence-corrected chi connectivity index (χ4v) is 2.53. The lowest BCUT2D eigenvalue weighted by Crippen LogP contribution is -2.40. The van der Waals surface area contributed by atoms with Crippen molar-refractivity contribution in [1.29, 1.82) is 0 Å². The van der Waals surface area contributed by atoms with Crippen LogP contribution in [-0.2, 0) is 5.54 Å². The average molecular weight is 261 g/mol. The summed E-state index contributed by atoms with van der Waals surface area (Å²) in [7, 11) is 0. The number of nitrogens with two attached hydrogens (primary N) is 1. The van der Waals surface area contributed by atoms with Crippen LogP contribution in [0.5, 0.6) is 0 Å². The summed E-state index contributed by atoms with van der Waals surface area (Å²) < 4.78 is 0. The van der Waals surface area contributed by atoms with Crippen LogP contribution in [-0.4, -0.2) is 11.5 Å². The van der Waals surface area contributed by atoms with Crippen molar-refractivity contribution in [2.75, 3.05) is 6.54 Å². The van der Waals surface area contributed by atoms with Gasteiger partial charge in [-0.25, -0.2) is 4.98 Å². The second-order valence-electron chi connectivity index (χ2n) is 4.86. The molecule has 2 rings (SSSR count). The topological polar surface area (TPSA) is 50.9 Å². The molecule has 1 heterocycles. The van der Waals surface area contributed by atoms with Crippen molar-refractivity contribution < 1.29 is 0 Å². The van der Waals surface area contributed by atoms with E-state index in [9.17, 15) is 0 Å². The summed E-state index contributed by atoms with van der Waals surface area (Å²) in [5, 5.41) is 6.56. The maximum absolute atomic E-state index is 6.18. The lowest BCUT2D eigenvalue weighted by molar-refractivity contribution is 0.386. The van der Waals surface area contributed by atoms with Crippen LogP contribution in [0.1, 0.15) is 30.5 Å². The van der Waals surface area contributed by atoms with Crippen molar-refractivity contribution in [2.24, 2.45) is 5.73 Å². The Morgan fingerprint density at radius 3 is 2.67 bits per heavy atom. The van der Waals surface area contributed by atoms with Gasteiger partial charge in [0, 0.05) is 24.2 Å². The van der Waals surface area contributed by atoms with Crippen LogP contribution in [0.4, 0.5) is 0 Å². The molecular weight excluding hydrogens is 242 g/mol. The van der Waals surface area contributed by atoms with Crippen molar-refractivity contribution >= 4 is 11.3 Å². The molecule has 1 unspecified atom stereocenters. The summed E-state index contributed by atoms with van der Waals surface area (Å²) in [6, 6.07) is 10.2. The van der Waals surface area contributed by atoms with E-state index in [1.807, 2.05) is 29.8 Å². The van der Waals surface area contributed by atoms with Gasteiger partial charge in [-0.05, 0) is 19.4 Å². The monoisotopic (exact) mass is 261 g/mol. The Kier molecular flexibility index (Phi) is 4.11. The van der Waals surface area contributed by atoms with Crippen LogP contribution in [0, 0.1) is 0 Å². The van der Waals surface area contributed by atoms with Crippen LogP contribution in [0.3, 0.4) is 0 Å². The maximum atomic E-state index is 6.18. The lowest BCUT2D eigenvalue weighted by atomic mass is 10.0. The summed E-state index contributed by atoms with van der Waals surface area (Å²) in [6.45, 7) is 4.99. The highest BCUT2D eigenvalue weighted by molar-refractivity contribution is 7.09. The molecule has 1 atom stereocenters. The second kappa shape index (κ2) is 5.61. The number of nitrogens with zero attached hydrogens (tertiary/aromatic N) is 1. The normalized spacial score (nSPS) is 13.5. The summed E-state index contributed by atoms with van der Waals surface area (Å²) in [4.78, 5) is 4.35. The van der Waals surface area contributed by atoms with Crippen molar-refractivity contribution in [3.05, 3.63) is 52.5 Å². The van der Waals surface area contributed by atoms with Crippen LogP contribution in [0.25, 0.3) is 0 Å². The smallest absolute Gasteiger partial charge is 0.112 e. The molecule has 0 aliphatic carbocycles. The van der Waals surface area contributed by atoms with Gasteiger partial charge in [0.25, 0.3) is 0 Å². The van der Waals surface area contributed by atoms with E-state index in [1.54, 1.807) is 11.3 Å². The molecule has 0 saturated carbocycles. The number of hydrogen-bond donors (Lipinski definition) is 2. The summed E-state index contributed by atoms with van der Waals surface area (Å²) in [6.07, 6.45) is 1.83. The van der Waals surface area contributed by atoms with Crippen molar-refractivity contribution in [1.82, 2.24) is 10.3 Å². The SMILES string of the molecule is CC(C)(NCC(N)c1ccccc1)c1nccs1. The summed E-state index contributed by atoms with van der Waals surface area (Å²) in [5.41, 5.74) is 7.19. The predicted molar refractivity (Wildman–Crippen MR) is 76.5 cm³/mol. The maximum Gasteiger partial charge on any atom is 0.112 e. The molecule has 0 bridgehead atoms. The van der Waals surface area contributed by atoms with Crippen molar-refractivity contribution in [3.8, 4) is 0 Å². The van der Waals surface area contributed by atoms with E-state index in [-0.39, 0.29) is 11.6 Å². The Labute approximate surface area is 112 Å². The fraction of sp³-hybridized carbons (Fsp3) is 0.357. The van der Waals surface area contributed by atoms with Gasteiger partial charge in [0.1, 0.15) is 5.01 Å². The molecule has 0 amide bonds. The highest BCUT2D eigenvalue weighted by Gasteiger charge is 2.23. The molecule has 3 nitrogen and oxygen atoms in total. The number of hydrogen-bond acceptors (Lipinski definition) is 4. The number of thiazole rings is 1. The van der Waals surface area contributed by atoms with Gasteiger partial charge in [0.2, 0.25) is 0 Å². The Bertz CT molecular complexity index is 465. The standard InChI is InChI=1S/C14H19N3S/c1-14(2,13-16-8-9-18-13)17-10-12(15)11-6-4-3-5-7-11/h3-9,12,17H,10,15H2,1-2H3. The first kappa shape index (κ1) is 13.2. The van der Waals surface area contributed by atoms with E-state index >= 15 is 0 Å². The molecular formula is C14H19N3S. The zero-order valence-electron chi connectivity index (χ0n) is 10.8. The Balaban J connectivity index is 1.96. The Morgan fingerprint density at radius 1 is 1.33 bits per heavy atom. The first-order valence-electron chi connectivity index (χ1n) is 6.05. The molecule has 96 valence electrons. The molecule has 0 spiro atoms. The van der Waals surface area contributed by atoms with E-state index in [2.05, 4.69) is 36.3 Å². The van der Waals surface area contributed by atoms with Crippen LogP contribution in [0.2, 0.25) is 0 Å². The Hall–Kier alpha value is -1.23. The summed E-state index contributed by atoms with van der Waals surface area (Å²) in [5.74, 6) is 0. The third-order valence-corrected chi connectivity index (χ3v) is 4.06. The fourth-order valence-electron chi connectivity index (χ4n) is 1.79. The minimum absolute atomic E-state index is 0.00503. The van der Waals surface area contributed by atoms with Crippen LogP contribution < -0.4 is 11.1 Å². The number of rotatable bonds is 5. The zero-order chi connectivity index (χ0) is 13.0. The third kappa shape index (κ3) is 3.16. The molecule has 1 aromatic heterocycles. The first-order valence-corrected chi connectivity index (χ1v) is 6.93. The summed E-state index contributed by atoms with van der Waals surface area (Å²) >= 11 is 1.66. The number of benzene rings is 1. The van der Waals surface area contributed by atoms with Gasteiger partial charge in [0.15, 0.2) is 0 Å². The van der Waals surface area contributed by atoms with E-state index in [0.717, 1.165) is 17.1 Å². The molecule has 0 aliphatic rings. The van der Waals surface area contributed by atoms with Crippen molar-refractivity contribution in [3.63, 3.8) is 0 Å². The van der Waals surface area contributed by atoms with E-state index in [1.165, 1.54) is 0 Å². The molecule has 18 heavy (non-hydrogen) atoms. The average Bonchev–Trinajstić information content (AvgIpc) is 2.92. The highest BCUT2D eigenvalue weighted by Crippen LogP contribution is 2.22. The quantitative estimate of drug-likeness (QED) is 0.870. The predicted octanol–water partition coefficient (Wildman–Crippen LogP) is 2.67. The number of nitrogens with one attached hydrogen (secondary N) is 1. The zero-order valence-corrected chi connectivity index (χ0v) is 11.6. The first-order chi connectivity index (χ1) is 8.59. The minimum Gasteiger partial charge on any atom is -0.323 e. The van der Waals surface area contributed by atoms with Gasteiger partial charge < -0.3 is 11.1 Å². The van der Waals surface area contributed by atoms with Crippen LogP contribution in [0.15, 0.2) is 41.9 Å². The largest absolute Gasteiger partial charge is 0.323 e. The lowest BCUT2D eigenvalue weighted by Gasteiger charge is -2.26. The highest BCUT2D eigenvalue weighted by atomic mass is 32.1. The molecule has 0 aliphatic heterocycles. The molecule has 4 heteroatoms. The minimum atomic E-state index is -0.138. The van der Waals surface area contributed by atoms with E-state index in [4.69, 9.17) is 5.73 Å². The molecule has 0 saturated heterocycles. The molecule has 3 N–H and O–H groups in total. The third-order valence-electron chi connectivity index (χ3n) is 2.96. The molecule has 1 aromatic carbocycles. The Morgan fingerprint density at radius 2 is 2.06 bits per heavy atom. The van der Waals surface area contributed by atoms with Gasteiger partial charge >= 0.3 is 0 Å². The van der Waals surface area contributed by atoms with Gasteiger partial charge in [-0.15, -0.1) is 11.3 Å². The molecule has 0 radical (unpaired) electrons. The molecule has 0 fully saturated rings. The van der Waals surface area contributed by atoms with Gasteiger partial charge in [-0.3, -0.25) is 0 Å². The van der Waals surface area contributed by atoms with Gasteiger partial charge in [-0.1, -0.05) is 30.3 Å². The van der Waals surface area contributed by atoms with Gasteiger partial charge in [0.05, 0.1) is 5.54 Å². The van der Waals surface area contributed by atoms with E-state index < -0.39 is 0 Å². The van der Waals surface area contributed by atoms with Crippen molar-refractivity contribution in [2.45, 2.75) is 25.4 Å².